The smallest absolute Gasteiger partial charge is 0.193 e. The van der Waals surface area contributed by atoms with Gasteiger partial charge in [0.2, 0.25) is 0 Å². The lowest BCUT2D eigenvalue weighted by Crippen LogP contribution is -2.48. The van der Waals surface area contributed by atoms with Gasteiger partial charge in [0.15, 0.2) is 5.96 Å². The van der Waals surface area contributed by atoms with Gasteiger partial charge in [-0.15, -0.1) is 24.0 Å². The van der Waals surface area contributed by atoms with Crippen molar-refractivity contribution in [2.45, 2.75) is 44.8 Å². The number of hydrogen-bond acceptors (Lipinski definition) is 3. The Labute approximate surface area is 157 Å². The van der Waals surface area contributed by atoms with E-state index in [1.54, 1.807) is 7.11 Å². The van der Waals surface area contributed by atoms with Crippen molar-refractivity contribution in [2.75, 3.05) is 45.6 Å². The number of guanidine groups is 1. The van der Waals surface area contributed by atoms with Crippen LogP contribution >= 0.6 is 35.7 Å². The van der Waals surface area contributed by atoms with E-state index in [1.165, 1.54) is 25.0 Å². The third-order valence-corrected chi connectivity index (χ3v) is 5.96. The first-order chi connectivity index (χ1) is 10.2. The monoisotopic (exact) mass is 441 g/mol. The van der Waals surface area contributed by atoms with Gasteiger partial charge in [0, 0.05) is 50.9 Å². The highest BCUT2D eigenvalue weighted by Gasteiger charge is 2.42. The molecular weight excluding hydrogens is 409 g/mol. The molecule has 22 heavy (non-hydrogen) atoms. The maximum Gasteiger partial charge on any atom is 0.193 e. The molecule has 130 valence electrons. The van der Waals surface area contributed by atoms with Crippen LogP contribution in [0.3, 0.4) is 0 Å². The van der Waals surface area contributed by atoms with E-state index in [-0.39, 0.29) is 24.0 Å². The number of aliphatic imine (C=N–C) groups is 1. The van der Waals surface area contributed by atoms with Crippen LogP contribution in [0.2, 0.25) is 0 Å². The number of hydrogen-bond donors (Lipinski definition) is 1. The fourth-order valence-corrected chi connectivity index (χ4v) is 3.99. The zero-order valence-electron chi connectivity index (χ0n) is 14.3. The minimum Gasteiger partial charge on any atom is -0.385 e. The molecule has 0 aromatic heterocycles. The highest BCUT2D eigenvalue weighted by molar-refractivity contribution is 14.0. The normalized spacial score (nSPS) is 23.9. The fraction of sp³-hybridized carbons (Fsp3) is 0.938. The average molecular weight is 441 g/mol. The second-order valence-electron chi connectivity index (χ2n) is 6.26. The van der Waals surface area contributed by atoms with Gasteiger partial charge < -0.3 is 15.0 Å². The second-order valence-corrected chi connectivity index (χ2v) is 7.67. The Hall–Kier alpha value is 0.310. The number of methoxy groups -OCH3 is 1. The summed E-state index contributed by atoms with van der Waals surface area (Å²) >= 11 is 2.11. The Bertz CT molecular complexity index is 350. The van der Waals surface area contributed by atoms with Crippen LogP contribution in [0.4, 0.5) is 0 Å². The van der Waals surface area contributed by atoms with Gasteiger partial charge in [-0.3, -0.25) is 4.99 Å². The molecule has 2 aliphatic rings. The van der Waals surface area contributed by atoms with Gasteiger partial charge in [-0.1, -0.05) is 6.92 Å². The van der Waals surface area contributed by atoms with Crippen molar-refractivity contribution in [1.29, 1.82) is 0 Å². The van der Waals surface area contributed by atoms with E-state index in [0.29, 0.717) is 5.41 Å². The van der Waals surface area contributed by atoms with Crippen molar-refractivity contribution in [3.05, 3.63) is 0 Å². The summed E-state index contributed by atoms with van der Waals surface area (Å²) in [6.45, 7) is 9.47. The standard InChI is InChI=1S/C16H31N3OS.HI/c1-4-14-12-19(9-11-21-14)15(17-5-2)18-13-16(6-7-16)8-10-20-3;/h14H,4-13H2,1-3H3,(H,17,18);1H. The number of ether oxygens (including phenoxy) is 1. The zero-order chi connectivity index (χ0) is 15.1. The minimum absolute atomic E-state index is 0. The van der Waals surface area contributed by atoms with E-state index in [4.69, 9.17) is 9.73 Å². The summed E-state index contributed by atoms with van der Waals surface area (Å²) in [6, 6.07) is 0. The molecule has 1 atom stereocenters. The Morgan fingerprint density at radius 2 is 2.18 bits per heavy atom. The molecule has 1 heterocycles. The lowest BCUT2D eigenvalue weighted by atomic mass is 10.0. The molecule has 0 amide bonds. The van der Waals surface area contributed by atoms with Crippen LogP contribution in [-0.2, 0) is 4.74 Å². The Morgan fingerprint density at radius 3 is 2.77 bits per heavy atom. The summed E-state index contributed by atoms with van der Waals surface area (Å²) in [4.78, 5) is 7.42. The zero-order valence-corrected chi connectivity index (χ0v) is 17.4. The Kier molecular flexibility index (Phi) is 9.47. The molecule has 6 heteroatoms. The van der Waals surface area contributed by atoms with Gasteiger partial charge in [0.25, 0.3) is 0 Å². The molecule has 0 bridgehead atoms. The Morgan fingerprint density at radius 1 is 1.41 bits per heavy atom. The molecule has 0 spiro atoms. The van der Waals surface area contributed by atoms with E-state index in [1.807, 2.05) is 0 Å². The lowest BCUT2D eigenvalue weighted by Gasteiger charge is -2.34. The van der Waals surface area contributed by atoms with Crippen LogP contribution < -0.4 is 5.32 Å². The number of halogens is 1. The average Bonchev–Trinajstić information content (AvgIpc) is 3.30. The summed E-state index contributed by atoms with van der Waals surface area (Å²) in [6.07, 6.45) is 5.03. The van der Waals surface area contributed by atoms with Crippen molar-refractivity contribution < 1.29 is 4.74 Å². The quantitative estimate of drug-likeness (QED) is 0.374. The van der Waals surface area contributed by atoms with Gasteiger partial charge in [-0.05, 0) is 38.0 Å². The van der Waals surface area contributed by atoms with Crippen molar-refractivity contribution >= 4 is 41.7 Å². The lowest BCUT2D eigenvalue weighted by molar-refractivity contribution is 0.174. The molecular formula is C16H32IN3OS. The van der Waals surface area contributed by atoms with Crippen LogP contribution in [-0.4, -0.2) is 61.8 Å². The predicted octanol–water partition coefficient (Wildman–Crippen LogP) is 3.21. The second kappa shape index (κ2) is 10.2. The molecule has 1 unspecified atom stereocenters. The number of nitrogens with one attached hydrogen (secondary N) is 1. The molecule has 0 aromatic rings. The van der Waals surface area contributed by atoms with Crippen LogP contribution in [0.5, 0.6) is 0 Å². The Balaban J connectivity index is 0.00000242. The molecule has 0 aromatic carbocycles. The molecule has 1 aliphatic heterocycles. The van der Waals surface area contributed by atoms with E-state index in [2.05, 4.69) is 35.8 Å². The van der Waals surface area contributed by atoms with Crippen molar-refractivity contribution in [3.8, 4) is 0 Å². The summed E-state index contributed by atoms with van der Waals surface area (Å²) < 4.78 is 5.24. The molecule has 1 saturated carbocycles. The summed E-state index contributed by atoms with van der Waals surface area (Å²) in [5.41, 5.74) is 0.436. The maximum atomic E-state index is 5.24. The molecule has 2 fully saturated rings. The number of rotatable bonds is 7. The fourth-order valence-electron chi connectivity index (χ4n) is 2.81. The predicted molar refractivity (Wildman–Crippen MR) is 108 cm³/mol. The van der Waals surface area contributed by atoms with E-state index in [9.17, 15) is 0 Å². The highest BCUT2D eigenvalue weighted by atomic mass is 127. The molecule has 2 rings (SSSR count). The number of nitrogens with zero attached hydrogens (tertiary/aromatic N) is 2. The van der Waals surface area contributed by atoms with E-state index < -0.39 is 0 Å². The first-order valence-corrected chi connectivity index (χ1v) is 9.41. The first kappa shape index (κ1) is 20.4. The van der Waals surface area contributed by atoms with Crippen LogP contribution in [0.1, 0.15) is 39.5 Å². The highest BCUT2D eigenvalue weighted by Crippen LogP contribution is 2.49. The molecule has 0 radical (unpaired) electrons. The third-order valence-electron chi connectivity index (χ3n) is 4.59. The van der Waals surface area contributed by atoms with Crippen molar-refractivity contribution in [1.82, 2.24) is 10.2 Å². The first-order valence-electron chi connectivity index (χ1n) is 8.37. The van der Waals surface area contributed by atoms with Gasteiger partial charge in [-0.2, -0.15) is 11.8 Å². The number of thioether (sulfide) groups is 1. The van der Waals surface area contributed by atoms with Crippen molar-refractivity contribution in [3.63, 3.8) is 0 Å². The van der Waals surface area contributed by atoms with E-state index >= 15 is 0 Å². The van der Waals surface area contributed by atoms with Gasteiger partial charge in [0.05, 0.1) is 0 Å². The SMILES string of the molecule is CCNC(=NCC1(CCOC)CC1)N1CCSC(CC)C1.I. The molecule has 1 N–H and O–H groups in total. The van der Waals surface area contributed by atoms with Crippen molar-refractivity contribution in [2.24, 2.45) is 10.4 Å². The van der Waals surface area contributed by atoms with Crippen LogP contribution in [0.15, 0.2) is 4.99 Å². The largest absolute Gasteiger partial charge is 0.385 e. The van der Waals surface area contributed by atoms with E-state index in [0.717, 1.165) is 50.4 Å². The maximum absolute atomic E-state index is 5.24. The molecule has 1 aliphatic carbocycles. The minimum atomic E-state index is 0. The summed E-state index contributed by atoms with van der Waals surface area (Å²) in [5.74, 6) is 2.34. The molecule has 1 saturated heterocycles. The summed E-state index contributed by atoms with van der Waals surface area (Å²) in [7, 11) is 1.79. The van der Waals surface area contributed by atoms with Gasteiger partial charge in [-0.25, -0.2) is 0 Å². The topological polar surface area (TPSA) is 36.9 Å². The van der Waals surface area contributed by atoms with Gasteiger partial charge in [0.1, 0.15) is 0 Å². The third kappa shape index (κ3) is 6.07. The van der Waals surface area contributed by atoms with Gasteiger partial charge >= 0.3 is 0 Å². The van der Waals surface area contributed by atoms with Crippen LogP contribution in [0, 0.1) is 5.41 Å². The van der Waals surface area contributed by atoms with Crippen LogP contribution in [0.25, 0.3) is 0 Å². The molecule has 4 nitrogen and oxygen atoms in total. The summed E-state index contributed by atoms with van der Waals surface area (Å²) in [5, 5.41) is 4.24.